The molecule has 3 N–H and O–H groups in total. The lowest BCUT2D eigenvalue weighted by Gasteiger charge is -2.09. The maximum absolute atomic E-state index is 9.83. The fourth-order valence-electron chi connectivity index (χ4n) is 1.59. The molecule has 1 atom stereocenters. The number of nitrogens with two attached hydrogens (primary N) is 1. The summed E-state index contributed by atoms with van der Waals surface area (Å²) in [7, 11) is 0. The first-order valence-corrected chi connectivity index (χ1v) is 4.61. The Kier molecular flexibility index (Phi) is 2.21. The summed E-state index contributed by atoms with van der Waals surface area (Å²) < 4.78 is 10.5. The van der Waals surface area contributed by atoms with Crippen molar-refractivity contribution in [1.29, 1.82) is 0 Å². The predicted molar refractivity (Wildman–Crippen MR) is 51.7 cm³/mol. The second-order valence-corrected chi connectivity index (χ2v) is 3.17. The van der Waals surface area contributed by atoms with Gasteiger partial charge in [-0.25, -0.2) is 0 Å². The van der Waals surface area contributed by atoms with Crippen LogP contribution >= 0.6 is 0 Å². The Balaban J connectivity index is 2.45. The van der Waals surface area contributed by atoms with Crippen molar-refractivity contribution in [1.82, 2.24) is 0 Å². The van der Waals surface area contributed by atoms with E-state index in [4.69, 9.17) is 15.2 Å². The summed E-state index contributed by atoms with van der Waals surface area (Å²) in [6, 6.07) is 3.20. The summed E-state index contributed by atoms with van der Waals surface area (Å²) in [6.07, 6.45) is 0. The van der Waals surface area contributed by atoms with Gasteiger partial charge in [-0.05, 0) is 19.1 Å². The van der Waals surface area contributed by atoms with Crippen molar-refractivity contribution in [2.24, 2.45) is 5.73 Å². The molecule has 0 aromatic heterocycles. The van der Waals surface area contributed by atoms with E-state index < -0.39 is 0 Å². The van der Waals surface area contributed by atoms with Crippen LogP contribution in [0.25, 0.3) is 0 Å². The molecule has 1 aromatic rings. The molecule has 1 aliphatic rings. The van der Waals surface area contributed by atoms with Crippen molar-refractivity contribution in [3.63, 3.8) is 0 Å². The lowest BCUT2D eigenvalue weighted by Crippen LogP contribution is -2.11. The number of hydrogen-bond acceptors (Lipinski definition) is 4. The number of phenols is 1. The van der Waals surface area contributed by atoms with E-state index in [-0.39, 0.29) is 11.8 Å². The van der Waals surface area contributed by atoms with Gasteiger partial charge in [0.2, 0.25) is 0 Å². The summed E-state index contributed by atoms with van der Waals surface area (Å²) in [5.74, 6) is 1.22. The van der Waals surface area contributed by atoms with Crippen molar-refractivity contribution in [3.8, 4) is 17.2 Å². The van der Waals surface area contributed by atoms with E-state index in [0.29, 0.717) is 30.3 Å². The van der Waals surface area contributed by atoms with Gasteiger partial charge in [0.25, 0.3) is 0 Å². The Morgan fingerprint density at radius 1 is 1.64 bits per heavy atom. The molecule has 4 nitrogen and oxygen atoms in total. The van der Waals surface area contributed by atoms with E-state index in [2.05, 4.69) is 0 Å². The number of hydrogen-bond donors (Lipinski definition) is 2. The van der Waals surface area contributed by atoms with Gasteiger partial charge >= 0.3 is 0 Å². The fourth-order valence-corrected chi connectivity index (χ4v) is 1.59. The zero-order valence-electron chi connectivity index (χ0n) is 7.99. The second kappa shape index (κ2) is 3.38. The Morgan fingerprint density at radius 2 is 2.43 bits per heavy atom. The molecule has 2 rings (SSSR count). The minimum atomic E-state index is -0.259. The molecule has 0 spiro atoms. The Hall–Kier alpha value is -1.42. The molecule has 0 amide bonds. The SMILES string of the molecule is CCOc1ccc2c(c1O)[C@H](N)CO2. The highest BCUT2D eigenvalue weighted by Crippen LogP contribution is 2.43. The van der Waals surface area contributed by atoms with E-state index in [1.54, 1.807) is 12.1 Å². The highest BCUT2D eigenvalue weighted by molar-refractivity contribution is 5.56. The van der Waals surface area contributed by atoms with E-state index in [9.17, 15) is 5.11 Å². The van der Waals surface area contributed by atoms with Gasteiger partial charge < -0.3 is 20.3 Å². The van der Waals surface area contributed by atoms with Crippen LogP contribution in [0.3, 0.4) is 0 Å². The van der Waals surface area contributed by atoms with Crippen LogP contribution in [0.5, 0.6) is 17.2 Å². The van der Waals surface area contributed by atoms with E-state index in [1.165, 1.54) is 0 Å². The van der Waals surface area contributed by atoms with Gasteiger partial charge in [-0.3, -0.25) is 0 Å². The Bertz CT molecular complexity index is 351. The van der Waals surface area contributed by atoms with Crippen LogP contribution in [0, 0.1) is 0 Å². The van der Waals surface area contributed by atoms with Gasteiger partial charge in [-0.2, -0.15) is 0 Å². The van der Waals surface area contributed by atoms with Crippen molar-refractivity contribution < 1.29 is 14.6 Å². The van der Waals surface area contributed by atoms with Crippen LogP contribution in [0.2, 0.25) is 0 Å². The number of ether oxygens (including phenoxy) is 2. The molecular weight excluding hydrogens is 182 g/mol. The highest BCUT2D eigenvalue weighted by Gasteiger charge is 2.26. The number of aromatic hydroxyl groups is 1. The molecule has 0 fully saturated rings. The van der Waals surface area contributed by atoms with Gasteiger partial charge in [0.1, 0.15) is 12.4 Å². The second-order valence-electron chi connectivity index (χ2n) is 3.17. The zero-order chi connectivity index (χ0) is 10.1. The molecule has 1 aromatic carbocycles. The molecule has 76 valence electrons. The average molecular weight is 195 g/mol. The van der Waals surface area contributed by atoms with Crippen LogP contribution in [0.4, 0.5) is 0 Å². The van der Waals surface area contributed by atoms with Crippen molar-refractivity contribution in [2.45, 2.75) is 13.0 Å². The summed E-state index contributed by atoms with van der Waals surface area (Å²) >= 11 is 0. The van der Waals surface area contributed by atoms with E-state index in [0.717, 1.165) is 0 Å². The molecule has 14 heavy (non-hydrogen) atoms. The molecule has 0 saturated heterocycles. The molecule has 0 aliphatic carbocycles. The third-order valence-electron chi connectivity index (χ3n) is 2.23. The van der Waals surface area contributed by atoms with E-state index in [1.807, 2.05) is 6.92 Å². The maximum atomic E-state index is 9.83. The number of benzene rings is 1. The minimum Gasteiger partial charge on any atom is -0.504 e. The van der Waals surface area contributed by atoms with Crippen molar-refractivity contribution in [3.05, 3.63) is 17.7 Å². The van der Waals surface area contributed by atoms with Gasteiger partial charge in [-0.1, -0.05) is 0 Å². The van der Waals surface area contributed by atoms with Crippen LogP contribution in [-0.2, 0) is 0 Å². The Morgan fingerprint density at radius 3 is 3.14 bits per heavy atom. The minimum absolute atomic E-state index is 0.106. The van der Waals surface area contributed by atoms with Gasteiger partial charge in [-0.15, -0.1) is 0 Å². The third-order valence-corrected chi connectivity index (χ3v) is 2.23. The van der Waals surface area contributed by atoms with Gasteiger partial charge in [0.05, 0.1) is 18.2 Å². The van der Waals surface area contributed by atoms with Crippen LogP contribution < -0.4 is 15.2 Å². The predicted octanol–water partition coefficient (Wildman–Crippen LogP) is 1.18. The summed E-state index contributed by atoms with van der Waals surface area (Å²) in [6.45, 7) is 2.80. The van der Waals surface area contributed by atoms with Crippen LogP contribution in [-0.4, -0.2) is 18.3 Å². The van der Waals surface area contributed by atoms with Crippen molar-refractivity contribution >= 4 is 0 Å². The topological polar surface area (TPSA) is 64.7 Å². The van der Waals surface area contributed by atoms with E-state index >= 15 is 0 Å². The molecule has 0 bridgehead atoms. The highest BCUT2D eigenvalue weighted by atomic mass is 16.5. The first kappa shape index (κ1) is 9.15. The van der Waals surface area contributed by atoms with Crippen LogP contribution in [0.15, 0.2) is 12.1 Å². The average Bonchev–Trinajstić information content (AvgIpc) is 2.54. The lowest BCUT2D eigenvalue weighted by atomic mass is 10.1. The van der Waals surface area contributed by atoms with Gasteiger partial charge in [0, 0.05) is 0 Å². The van der Waals surface area contributed by atoms with Gasteiger partial charge in [0.15, 0.2) is 11.5 Å². The normalized spacial score (nSPS) is 18.9. The molecule has 0 saturated carbocycles. The maximum Gasteiger partial charge on any atom is 0.166 e. The summed E-state index contributed by atoms with van der Waals surface area (Å²) in [4.78, 5) is 0. The zero-order valence-corrected chi connectivity index (χ0v) is 7.99. The number of phenolic OH excluding ortho intramolecular Hbond substituents is 1. The number of fused-ring (bicyclic) bond motifs is 1. The standard InChI is InChI=1S/C10H13NO3/c1-2-13-8-4-3-7-9(10(8)12)6(11)5-14-7/h3-4,6,12H,2,5,11H2,1H3/t6-/m1/s1. The largest absolute Gasteiger partial charge is 0.504 e. The Labute approximate surface area is 82.2 Å². The molecular formula is C10H13NO3. The molecule has 1 heterocycles. The number of rotatable bonds is 2. The fraction of sp³-hybridized carbons (Fsp3) is 0.400. The molecule has 0 unspecified atom stereocenters. The van der Waals surface area contributed by atoms with Crippen LogP contribution in [0.1, 0.15) is 18.5 Å². The smallest absolute Gasteiger partial charge is 0.166 e. The quantitative estimate of drug-likeness (QED) is 0.743. The summed E-state index contributed by atoms with van der Waals surface area (Å²) in [5.41, 5.74) is 6.42. The lowest BCUT2D eigenvalue weighted by molar-refractivity contribution is 0.316. The monoisotopic (exact) mass is 195 g/mol. The first-order chi connectivity index (χ1) is 6.74. The van der Waals surface area contributed by atoms with Crippen molar-refractivity contribution in [2.75, 3.05) is 13.2 Å². The third kappa shape index (κ3) is 1.28. The molecule has 1 aliphatic heterocycles. The first-order valence-electron chi connectivity index (χ1n) is 4.61. The summed E-state index contributed by atoms with van der Waals surface area (Å²) in [5, 5.41) is 9.83. The molecule has 0 radical (unpaired) electrons. The molecule has 4 heteroatoms.